The molecule has 0 spiro atoms. The predicted molar refractivity (Wildman–Crippen MR) is 39.2 cm³/mol. The summed E-state index contributed by atoms with van der Waals surface area (Å²) in [5.74, 6) is -2.45. The highest BCUT2D eigenvalue weighted by atomic mass is 16.7. The fraction of sp³-hybridized carbons (Fsp3) is 0.500. The third kappa shape index (κ3) is 2.97. The van der Waals surface area contributed by atoms with Gasteiger partial charge in [-0.1, -0.05) is 6.58 Å². The van der Waals surface area contributed by atoms with Crippen LogP contribution < -0.4 is 11.0 Å². The van der Waals surface area contributed by atoms with Gasteiger partial charge < -0.3 is 15.2 Å². The van der Waals surface area contributed by atoms with E-state index in [9.17, 15) is 4.79 Å². The quantitative estimate of drug-likeness (QED) is 0.204. The minimum absolute atomic E-state index is 0.159. The van der Waals surface area contributed by atoms with Gasteiger partial charge in [0.1, 0.15) is 0 Å². The van der Waals surface area contributed by atoms with Crippen LogP contribution in [0, 0.1) is 0 Å². The molecule has 0 fully saturated rings. The number of hydrogen-bond donors (Lipinski definition) is 4. The van der Waals surface area contributed by atoms with Gasteiger partial charge in [0.15, 0.2) is 0 Å². The molecule has 70 valence electrons. The van der Waals surface area contributed by atoms with Crippen LogP contribution in [0.2, 0.25) is 0 Å². The van der Waals surface area contributed by atoms with Gasteiger partial charge in [0.2, 0.25) is 0 Å². The molecule has 4 N–H and O–H groups in total. The van der Waals surface area contributed by atoms with E-state index in [-0.39, 0.29) is 5.57 Å². The second-order valence-corrected chi connectivity index (χ2v) is 2.43. The molecule has 0 saturated heterocycles. The summed E-state index contributed by atoms with van der Waals surface area (Å²) in [6, 6.07) is 0. The summed E-state index contributed by atoms with van der Waals surface area (Å²) >= 11 is 0. The topological polar surface area (TPSA) is 90.8 Å². The standard InChI is InChI=1S/C6H12N2O4/c1-4(2)5(9)12-6(3,7-10)8-11/h7-8,10-11H,1H2,2-3H3. The fourth-order valence-corrected chi connectivity index (χ4v) is 0.343. The van der Waals surface area contributed by atoms with E-state index in [1.165, 1.54) is 13.8 Å². The zero-order valence-corrected chi connectivity index (χ0v) is 6.92. The minimum Gasteiger partial charge on any atom is -0.423 e. The summed E-state index contributed by atoms with van der Waals surface area (Å²) in [7, 11) is 0. The maximum absolute atomic E-state index is 10.9. The number of hydroxylamine groups is 2. The molecule has 0 aliphatic rings. The first-order chi connectivity index (χ1) is 5.45. The van der Waals surface area contributed by atoms with Crippen molar-refractivity contribution in [1.29, 1.82) is 0 Å². The van der Waals surface area contributed by atoms with Crippen LogP contribution in [0.4, 0.5) is 0 Å². The monoisotopic (exact) mass is 176 g/mol. The van der Waals surface area contributed by atoms with Gasteiger partial charge in [-0.2, -0.15) is 0 Å². The Kier molecular flexibility index (Phi) is 3.84. The molecule has 0 aliphatic carbocycles. The van der Waals surface area contributed by atoms with Gasteiger partial charge in [0.05, 0.1) is 0 Å². The SMILES string of the molecule is C=C(C)C(=O)OC(C)(NO)NO. The van der Waals surface area contributed by atoms with Gasteiger partial charge >= 0.3 is 5.97 Å². The largest absolute Gasteiger partial charge is 0.423 e. The molecule has 0 bridgehead atoms. The highest BCUT2D eigenvalue weighted by Gasteiger charge is 2.27. The van der Waals surface area contributed by atoms with Crippen LogP contribution in [-0.4, -0.2) is 22.2 Å². The first kappa shape index (κ1) is 11.1. The van der Waals surface area contributed by atoms with Crippen molar-refractivity contribution in [3.63, 3.8) is 0 Å². The fourth-order valence-electron chi connectivity index (χ4n) is 0.343. The van der Waals surface area contributed by atoms with Crippen LogP contribution in [0.3, 0.4) is 0 Å². The maximum atomic E-state index is 10.9. The Hall–Kier alpha value is -0.950. The molecule has 12 heavy (non-hydrogen) atoms. The van der Waals surface area contributed by atoms with Gasteiger partial charge in [-0.05, 0) is 6.92 Å². The number of carbonyl (C=O) groups is 1. The second kappa shape index (κ2) is 4.17. The predicted octanol–water partition coefficient (Wildman–Crippen LogP) is -0.263. The van der Waals surface area contributed by atoms with Crippen LogP contribution in [0.25, 0.3) is 0 Å². The van der Waals surface area contributed by atoms with Crippen molar-refractivity contribution in [3.8, 4) is 0 Å². The summed E-state index contributed by atoms with van der Waals surface area (Å²) in [5, 5.41) is 16.9. The van der Waals surface area contributed by atoms with Crippen LogP contribution in [0.5, 0.6) is 0 Å². The van der Waals surface area contributed by atoms with Gasteiger partial charge in [-0.25, -0.2) is 4.79 Å². The van der Waals surface area contributed by atoms with Gasteiger partial charge in [0, 0.05) is 12.5 Å². The van der Waals surface area contributed by atoms with Crippen LogP contribution in [0.1, 0.15) is 13.8 Å². The molecule has 0 heterocycles. The Balaban J connectivity index is 4.21. The highest BCUT2D eigenvalue weighted by molar-refractivity contribution is 5.87. The van der Waals surface area contributed by atoms with Crippen molar-refractivity contribution in [1.82, 2.24) is 11.0 Å². The average molecular weight is 176 g/mol. The number of carbonyl (C=O) groups excluding carboxylic acids is 1. The van der Waals surface area contributed by atoms with Crippen LogP contribution in [0.15, 0.2) is 12.2 Å². The maximum Gasteiger partial charge on any atom is 0.335 e. The van der Waals surface area contributed by atoms with Crippen molar-refractivity contribution in [2.75, 3.05) is 0 Å². The average Bonchev–Trinajstić information content (AvgIpc) is 2.04. The van der Waals surface area contributed by atoms with Crippen molar-refractivity contribution in [3.05, 3.63) is 12.2 Å². The molecule has 0 amide bonds. The molecule has 0 saturated carbocycles. The van der Waals surface area contributed by atoms with Gasteiger partial charge in [-0.15, -0.1) is 11.0 Å². The van der Waals surface area contributed by atoms with Crippen LogP contribution in [-0.2, 0) is 9.53 Å². The van der Waals surface area contributed by atoms with Crippen molar-refractivity contribution < 1.29 is 19.9 Å². The van der Waals surface area contributed by atoms with E-state index in [1.54, 1.807) is 11.0 Å². The van der Waals surface area contributed by atoms with E-state index in [1.807, 2.05) is 0 Å². The summed E-state index contributed by atoms with van der Waals surface area (Å²) < 4.78 is 4.54. The van der Waals surface area contributed by atoms with Gasteiger partial charge in [0.25, 0.3) is 5.85 Å². The molecule has 0 rings (SSSR count). The zero-order valence-electron chi connectivity index (χ0n) is 6.92. The molecule has 0 atom stereocenters. The first-order valence-corrected chi connectivity index (χ1v) is 3.16. The van der Waals surface area contributed by atoms with E-state index < -0.39 is 11.8 Å². The molecule has 0 aliphatic heterocycles. The lowest BCUT2D eigenvalue weighted by atomic mass is 10.3. The molecule has 0 aromatic rings. The van der Waals surface area contributed by atoms with Gasteiger partial charge in [-0.3, -0.25) is 0 Å². The normalized spacial score (nSPS) is 11.0. The molecular weight excluding hydrogens is 164 g/mol. The zero-order chi connectivity index (χ0) is 9.78. The van der Waals surface area contributed by atoms with Crippen molar-refractivity contribution in [2.24, 2.45) is 0 Å². The molecule has 6 heteroatoms. The molecule has 0 unspecified atom stereocenters. The van der Waals surface area contributed by atoms with E-state index in [4.69, 9.17) is 10.4 Å². The van der Waals surface area contributed by atoms with Crippen molar-refractivity contribution in [2.45, 2.75) is 19.7 Å². The van der Waals surface area contributed by atoms with E-state index >= 15 is 0 Å². The van der Waals surface area contributed by atoms with E-state index in [2.05, 4.69) is 11.3 Å². The molecule has 0 aromatic carbocycles. The smallest absolute Gasteiger partial charge is 0.335 e. The summed E-state index contributed by atoms with van der Waals surface area (Å²) in [5.41, 5.74) is 3.30. The number of ether oxygens (including phenoxy) is 1. The van der Waals surface area contributed by atoms with Crippen LogP contribution >= 0.6 is 0 Å². The number of esters is 1. The lowest BCUT2D eigenvalue weighted by Crippen LogP contribution is -2.55. The first-order valence-electron chi connectivity index (χ1n) is 3.16. The third-order valence-electron chi connectivity index (χ3n) is 1.07. The Labute approximate surface area is 69.7 Å². The van der Waals surface area contributed by atoms with E-state index in [0.717, 1.165) is 0 Å². The lowest BCUT2D eigenvalue weighted by Gasteiger charge is -2.25. The van der Waals surface area contributed by atoms with E-state index in [0.29, 0.717) is 0 Å². The molecule has 0 radical (unpaired) electrons. The molecular formula is C6H12N2O4. The molecule has 6 nitrogen and oxygen atoms in total. The Bertz CT molecular complexity index is 188. The number of rotatable bonds is 4. The lowest BCUT2D eigenvalue weighted by molar-refractivity contribution is -0.202. The van der Waals surface area contributed by atoms with Crippen molar-refractivity contribution >= 4 is 5.97 Å². The third-order valence-corrected chi connectivity index (χ3v) is 1.07. The Morgan fingerprint density at radius 2 is 1.92 bits per heavy atom. The minimum atomic E-state index is -1.71. The number of hydrogen-bond acceptors (Lipinski definition) is 6. The summed E-state index contributed by atoms with van der Waals surface area (Å²) in [6.07, 6.45) is 0. The number of nitrogens with one attached hydrogen (secondary N) is 2. The Morgan fingerprint density at radius 3 is 2.17 bits per heavy atom. The molecule has 0 aromatic heterocycles. The second-order valence-electron chi connectivity index (χ2n) is 2.43. The summed E-state index contributed by atoms with van der Waals surface area (Å²) in [6.45, 7) is 5.97. The summed E-state index contributed by atoms with van der Waals surface area (Å²) in [4.78, 5) is 10.9. The highest BCUT2D eigenvalue weighted by Crippen LogP contribution is 2.03. The Morgan fingerprint density at radius 1 is 1.50 bits per heavy atom.